The molecule has 2 heterocycles. The molecule has 10 heteroatoms. The van der Waals surface area contributed by atoms with E-state index < -0.39 is 23.1 Å². The summed E-state index contributed by atoms with van der Waals surface area (Å²) in [6.07, 6.45) is 0. The summed E-state index contributed by atoms with van der Waals surface area (Å²) in [5.74, 6) is -1.26. The van der Waals surface area contributed by atoms with Crippen LogP contribution in [0.5, 0.6) is 0 Å². The standard InChI is InChI=1S/C26H29F2N5O3/c1-16(23(34)21-24(29)30(2)26(36)31(3)25(21)35)32-12-14-33(15-13-32)22(17-4-8-19(27)9-5-17)18-6-10-20(28)11-7-18/h4-11,16,22H,12-15,29H2,1-3H3. The zero-order valence-corrected chi connectivity index (χ0v) is 20.4. The van der Waals surface area contributed by atoms with E-state index in [4.69, 9.17) is 5.73 Å². The number of anilines is 1. The van der Waals surface area contributed by atoms with Gasteiger partial charge in [-0.05, 0) is 42.3 Å². The van der Waals surface area contributed by atoms with Gasteiger partial charge in [-0.3, -0.25) is 28.5 Å². The Labute approximate surface area is 207 Å². The Morgan fingerprint density at radius 2 is 1.25 bits per heavy atom. The molecule has 3 aromatic rings. The highest BCUT2D eigenvalue weighted by atomic mass is 19.1. The maximum atomic E-state index is 13.6. The predicted molar refractivity (Wildman–Crippen MR) is 133 cm³/mol. The number of aromatic nitrogens is 2. The van der Waals surface area contributed by atoms with E-state index in [-0.39, 0.29) is 29.1 Å². The lowest BCUT2D eigenvalue weighted by atomic mass is 9.96. The second-order valence-corrected chi connectivity index (χ2v) is 9.08. The number of rotatable bonds is 6. The fourth-order valence-electron chi connectivity index (χ4n) is 4.75. The first kappa shape index (κ1) is 25.5. The van der Waals surface area contributed by atoms with Crippen molar-refractivity contribution in [3.63, 3.8) is 0 Å². The number of ketones is 1. The van der Waals surface area contributed by atoms with Crippen molar-refractivity contribution in [2.24, 2.45) is 14.1 Å². The first-order chi connectivity index (χ1) is 17.1. The topological polar surface area (TPSA) is 93.6 Å². The number of nitrogen functional groups attached to an aromatic ring is 1. The van der Waals surface area contributed by atoms with E-state index >= 15 is 0 Å². The first-order valence-corrected chi connectivity index (χ1v) is 11.7. The number of piperazine rings is 1. The maximum absolute atomic E-state index is 13.6. The lowest BCUT2D eigenvalue weighted by Crippen LogP contribution is -2.53. The summed E-state index contributed by atoms with van der Waals surface area (Å²) in [7, 11) is 2.73. The Morgan fingerprint density at radius 1 is 0.806 bits per heavy atom. The number of benzene rings is 2. The van der Waals surface area contributed by atoms with E-state index in [1.807, 2.05) is 4.90 Å². The summed E-state index contributed by atoms with van der Waals surface area (Å²) >= 11 is 0. The molecule has 4 rings (SSSR count). The van der Waals surface area contributed by atoms with Crippen LogP contribution >= 0.6 is 0 Å². The highest BCUT2D eigenvalue weighted by molar-refractivity contribution is 6.03. The molecule has 8 nitrogen and oxygen atoms in total. The second-order valence-electron chi connectivity index (χ2n) is 9.08. The predicted octanol–water partition coefficient (Wildman–Crippen LogP) is 1.92. The third-order valence-electron chi connectivity index (χ3n) is 6.97. The summed E-state index contributed by atoms with van der Waals surface area (Å²) in [4.78, 5) is 42.2. The normalized spacial score (nSPS) is 15.8. The molecule has 0 amide bonds. The van der Waals surface area contributed by atoms with Crippen LogP contribution in [0.15, 0.2) is 58.1 Å². The summed E-state index contributed by atoms with van der Waals surface area (Å²) < 4.78 is 29.1. The zero-order valence-electron chi connectivity index (χ0n) is 20.4. The third kappa shape index (κ3) is 4.74. The Balaban J connectivity index is 1.55. The molecule has 1 unspecified atom stereocenters. The van der Waals surface area contributed by atoms with Crippen LogP contribution in [-0.4, -0.2) is 56.9 Å². The summed E-state index contributed by atoms with van der Waals surface area (Å²) in [6, 6.07) is 11.7. The van der Waals surface area contributed by atoms with Crippen molar-refractivity contribution in [2.75, 3.05) is 31.9 Å². The Kier molecular flexibility index (Phi) is 7.18. The van der Waals surface area contributed by atoms with Gasteiger partial charge in [0.15, 0.2) is 5.78 Å². The van der Waals surface area contributed by atoms with Crippen LogP contribution in [-0.2, 0) is 14.1 Å². The summed E-state index contributed by atoms with van der Waals surface area (Å²) in [5, 5.41) is 0. The Hall–Kier alpha value is -3.63. The van der Waals surface area contributed by atoms with Gasteiger partial charge in [0.05, 0.1) is 12.1 Å². The first-order valence-electron chi connectivity index (χ1n) is 11.7. The largest absolute Gasteiger partial charge is 0.384 e. The van der Waals surface area contributed by atoms with Crippen molar-refractivity contribution in [1.29, 1.82) is 0 Å². The van der Waals surface area contributed by atoms with Crippen molar-refractivity contribution in [1.82, 2.24) is 18.9 Å². The van der Waals surface area contributed by atoms with Gasteiger partial charge in [0.2, 0.25) is 0 Å². The number of carbonyl (C=O) groups is 1. The highest BCUT2D eigenvalue weighted by Gasteiger charge is 2.33. The molecule has 1 saturated heterocycles. The van der Waals surface area contributed by atoms with Crippen LogP contribution in [0.1, 0.15) is 34.5 Å². The van der Waals surface area contributed by atoms with E-state index in [1.54, 1.807) is 31.2 Å². The monoisotopic (exact) mass is 497 g/mol. The molecular formula is C26H29F2N5O3. The quantitative estimate of drug-likeness (QED) is 0.523. The van der Waals surface area contributed by atoms with Crippen molar-refractivity contribution in [3.05, 3.63) is 97.7 Å². The SMILES string of the molecule is CC(C(=O)c1c(N)n(C)c(=O)n(C)c1=O)N1CCN(C(c2ccc(F)cc2)c2ccc(F)cc2)CC1. The molecule has 0 saturated carbocycles. The van der Waals surface area contributed by atoms with Crippen LogP contribution in [0.2, 0.25) is 0 Å². The van der Waals surface area contributed by atoms with E-state index in [0.29, 0.717) is 26.2 Å². The van der Waals surface area contributed by atoms with Crippen molar-refractivity contribution in [2.45, 2.75) is 19.0 Å². The number of carbonyl (C=O) groups excluding carboxylic acids is 1. The minimum Gasteiger partial charge on any atom is -0.384 e. The molecule has 36 heavy (non-hydrogen) atoms. The third-order valence-corrected chi connectivity index (χ3v) is 6.97. The fraction of sp³-hybridized carbons (Fsp3) is 0.346. The lowest BCUT2D eigenvalue weighted by Gasteiger charge is -2.41. The number of Topliss-reactive ketones (excluding diaryl/α,β-unsaturated/α-hetero) is 1. The molecule has 0 bridgehead atoms. The van der Waals surface area contributed by atoms with Gasteiger partial charge in [0.1, 0.15) is 23.0 Å². The average Bonchev–Trinajstić information content (AvgIpc) is 2.88. The van der Waals surface area contributed by atoms with Crippen LogP contribution in [0, 0.1) is 11.6 Å². The molecule has 0 radical (unpaired) electrons. The molecule has 1 atom stereocenters. The molecule has 1 aliphatic rings. The van der Waals surface area contributed by atoms with E-state index in [1.165, 1.54) is 38.4 Å². The molecule has 2 N–H and O–H groups in total. The number of nitrogens with zero attached hydrogens (tertiary/aromatic N) is 4. The van der Waals surface area contributed by atoms with E-state index in [9.17, 15) is 23.2 Å². The number of nitrogens with two attached hydrogens (primary N) is 1. The zero-order chi connectivity index (χ0) is 26.1. The molecule has 1 fully saturated rings. The smallest absolute Gasteiger partial charge is 0.332 e. The van der Waals surface area contributed by atoms with Gasteiger partial charge in [-0.1, -0.05) is 24.3 Å². The Morgan fingerprint density at radius 3 is 1.72 bits per heavy atom. The molecule has 1 aliphatic heterocycles. The average molecular weight is 498 g/mol. The second kappa shape index (κ2) is 10.2. The molecule has 190 valence electrons. The molecular weight excluding hydrogens is 468 g/mol. The Bertz CT molecular complexity index is 1330. The number of hydrogen-bond acceptors (Lipinski definition) is 6. The van der Waals surface area contributed by atoms with Gasteiger partial charge >= 0.3 is 5.69 Å². The van der Waals surface area contributed by atoms with Crippen LogP contribution in [0.4, 0.5) is 14.6 Å². The number of halogens is 2. The van der Waals surface area contributed by atoms with Gasteiger partial charge < -0.3 is 5.73 Å². The maximum Gasteiger partial charge on any atom is 0.332 e. The van der Waals surface area contributed by atoms with Gasteiger partial charge in [0, 0.05) is 40.3 Å². The van der Waals surface area contributed by atoms with Crippen molar-refractivity contribution < 1.29 is 13.6 Å². The van der Waals surface area contributed by atoms with Gasteiger partial charge in [-0.2, -0.15) is 0 Å². The lowest BCUT2D eigenvalue weighted by molar-refractivity contribution is 0.0638. The fourth-order valence-corrected chi connectivity index (χ4v) is 4.75. The van der Waals surface area contributed by atoms with E-state index in [0.717, 1.165) is 20.3 Å². The van der Waals surface area contributed by atoms with Gasteiger partial charge in [-0.25, -0.2) is 13.6 Å². The van der Waals surface area contributed by atoms with Crippen molar-refractivity contribution in [3.8, 4) is 0 Å². The molecule has 0 spiro atoms. The van der Waals surface area contributed by atoms with Crippen LogP contribution in [0.3, 0.4) is 0 Å². The molecule has 0 aliphatic carbocycles. The van der Waals surface area contributed by atoms with E-state index in [2.05, 4.69) is 4.90 Å². The summed E-state index contributed by atoms with van der Waals surface area (Å²) in [5.41, 5.74) is 6.24. The minimum atomic E-state index is -0.709. The highest BCUT2D eigenvalue weighted by Crippen LogP contribution is 2.30. The number of hydrogen-bond donors (Lipinski definition) is 1. The molecule has 2 aromatic carbocycles. The summed E-state index contributed by atoms with van der Waals surface area (Å²) in [6.45, 7) is 3.94. The van der Waals surface area contributed by atoms with Gasteiger partial charge in [0.25, 0.3) is 5.56 Å². The van der Waals surface area contributed by atoms with Crippen LogP contribution in [0.25, 0.3) is 0 Å². The van der Waals surface area contributed by atoms with Crippen molar-refractivity contribution >= 4 is 11.6 Å². The van der Waals surface area contributed by atoms with Gasteiger partial charge in [-0.15, -0.1) is 0 Å². The van der Waals surface area contributed by atoms with Crippen LogP contribution < -0.4 is 17.0 Å². The minimum absolute atomic E-state index is 0.147. The molecule has 1 aromatic heterocycles.